The summed E-state index contributed by atoms with van der Waals surface area (Å²) in [6.07, 6.45) is -0.421. The van der Waals surface area contributed by atoms with Crippen LogP contribution in [0.25, 0.3) is 0 Å². The third-order valence-electron chi connectivity index (χ3n) is 2.83. The maximum absolute atomic E-state index is 11.5. The van der Waals surface area contributed by atoms with E-state index in [1.54, 1.807) is 0 Å². The Hall–Kier alpha value is -1.00. The number of Topliss-reactive ketones (excluding diaryl/α,β-unsaturated/α-hetero) is 2. The molecule has 1 aliphatic rings. The maximum Gasteiger partial charge on any atom is 0.214 e. The Balaban J connectivity index is 2.30. The van der Waals surface area contributed by atoms with Crippen molar-refractivity contribution in [2.75, 3.05) is 0 Å². The minimum Gasteiger partial charge on any atom is -0.344 e. The Kier molecular flexibility index (Phi) is 2.72. The van der Waals surface area contributed by atoms with E-state index in [0.717, 1.165) is 10.0 Å². The van der Waals surface area contributed by atoms with E-state index in [9.17, 15) is 9.59 Å². The van der Waals surface area contributed by atoms with Crippen LogP contribution in [0.2, 0.25) is 0 Å². The SMILES string of the molecule is CC(=O)C1(C(C)=O)OC1c1ccc(Br)cc1. The predicted molar refractivity (Wildman–Crippen MR) is 62.1 cm³/mol. The van der Waals surface area contributed by atoms with Gasteiger partial charge in [-0.3, -0.25) is 9.59 Å². The zero-order valence-electron chi connectivity index (χ0n) is 8.99. The normalized spacial score (nSPS) is 21.6. The Morgan fingerprint density at radius 1 is 1.19 bits per heavy atom. The highest BCUT2D eigenvalue weighted by Gasteiger charge is 2.64. The number of carbonyl (C=O) groups is 2. The molecule has 1 aromatic rings. The molecule has 4 heteroatoms. The van der Waals surface area contributed by atoms with Crippen LogP contribution < -0.4 is 0 Å². The quantitative estimate of drug-likeness (QED) is 0.632. The summed E-state index contributed by atoms with van der Waals surface area (Å²) in [5.74, 6) is -0.458. The summed E-state index contributed by atoms with van der Waals surface area (Å²) in [7, 11) is 0. The van der Waals surface area contributed by atoms with E-state index in [2.05, 4.69) is 15.9 Å². The standard InChI is InChI=1S/C12H11BrO3/c1-7(14)12(8(2)15)11(16-12)9-3-5-10(13)6-4-9/h3-6,11H,1-2H3. The first-order valence-electron chi connectivity index (χ1n) is 4.94. The lowest BCUT2D eigenvalue weighted by Crippen LogP contribution is -2.31. The van der Waals surface area contributed by atoms with Crippen LogP contribution in [-0.4, -0.2) is 17.2 Å². The number of epoxide rings is 1. The summed E-state index contributed by atoms with van der Waals surface area (Å²) in [6, 6.07) is 7.43. The van der Waals surface area contributed by atoms with Crippen molar-refractivity contribution in [2.45, 2.75) is 25.6 Å². The van der Waals surface area contributed by atoms with E-state index in [-0.39, 0.29) is 11.6 Å². The molecule has 1 unspecified atom stereocenters. The summed E-state index contributed by atoms with van der Waals surface area (Å²) >= 11 is 3.33. The second-order valence-electron chi connectivity index (χ2n) is 3.90. The molecule has 1 saturated heterocycles. The fraction of sp³-hybridized carbons (Fsp3) is 0.333. The topological polar surface area (TPSA) is 46.7 Å². The highest BCUT2D eigenvalue weighted by Crippen LogP contribution is 2.50. The van der Waals surface area contributed by atoms with Crippen LogP contribution in [0.15, 0.2) is 28.7 Å². The van der Waals surface area contributed by atoms with Gasteiger partial charge in [-0.15, -0.1) is 0 Å². The molecule has 1 fully saturated rings. The van der Waals surface area contributed by atoms with Crippen LogP contribution in [-0.2, 0) is 14.3 Å². The second kappa shape index (κ2) is 3.79. The zero-order valence-corrected chi connectivity index (χ0v) is 10.6. The smallest absolute Gasteiger partial charge is 0.214 e. The molecule has 84 valence electrons. The van der Waals surface area contributed by atoms with Gasteiger partial charge < -0.3 is 4.74 Å². The van der Waals surface area contributed by atoms with E-state index in [4.69, 9.17) is 4.74 Å². The molecule has 0 saturated carbocycles. The lowest BCUT2D eigenvalue weighted by Gasteiger charge is -2.04. The van der Waals surface area contributed by atoms with Gasteiger partial charge in [0.2, 0.25) is 5.60 Å². The fourth-order valence-electron chi connectivity index (χ4n) is 1.88. The third-order valence-corrected chi connectivity index (χ3v) is 3.36. The van der Waals surface area contributed by atoms with Gasteiger partial charge in [0.1, 0.15) is 6.10 Å². The van der Waals surface area contributed by atoms with Crippen molar-refractivity contribution in [3.05, 3.63) is 34.3 Å². The van der Waals surface area contributed by atoms with Gasteiger partial charge in [0.25, 0.3) is 0 Å². The van der Waals surface area contributed by atoms with Crippen molar-refractivity contribution in [3.63, 3.8) is 0 Å². The van der Waals surface area contributed by atoms with Gasteiger partial charge >= 0.3 is 0 Å². The number of hydrogen-bond donors (Lipinski definition) is 0. The highest BCUT2D eigenvalue weighted by atomic mass is 79.9. The zero-order chi connectivity index (χ0) is 11.9. The molecule has 1 aliphatic heterocycles. The monoisotopic (exact) mass is 282 g/mol. The molecule has 0 amide bonds. The summed E-state index contributed by atoms with van der Waals surface area (Å²) < 4.78 is 6.29. The Morgan fingerprint density at radius 3 is 2.06 bits per heavy atom. The molecule has 3 nitrogen and oxygen atoms in total. The molecule has 0 bridgehead atoms. The van der Waals surface area contributed by atoms with Gasteiger partial charge in [-0.1, -0.05) is 28.1 Å². The van der Waals surface area contributed by atoms with Crippen molar-refractivity contribution in [1.29, 1.82) is 0 Å². The first-order chi connectivity index (χ1) is 7.48. The second-order valence-corrected chi connectivity index (χ2v) is 4.81. The molecule has 2 rings (SSSR count). The van der Waals surface area contributed by atoms with Crippen LogP contribution in [0, 0.1) is 0 Å². The minimum absolute atomic E-state index is 0.229. The predicted octanol–water partition coefficient (Wildman–Crippen LogP) is 2.44. The van der Waals surface area contributed by atoms with Crippen LogP contribution >= 0.6 is 15.9 Å². The Labute approximate surface area is 102 Å². The van der Waals surface area contributed by atoms with Gasteiger partial charge in [-0.05, 0) is 31.5 Å². The fourth-order valence-corrected chi connectivity index (χ4v) is 2.14. The number of benzene rings is 1. The number of ether oxygens (including phenoxy) is 1. The van der Waals surface area contributed by atoms with E-state index in [1.807, 2.05) is 24.3 Å². The van der Waals surface area contributed by atoms with Gasteiger partial charge in [0.15, 0.2) is 11.6 Å². The molecule has 0 N–H and O–H groups in total. The molecule has 1 heterocycles. The van der Waals surface area contributed by atoms with Crippen LogP contribution in [0.4, 0.5) is 0 Å². The minimum atomic E-state index is -1.23. The lowest BCUT2D eigenvalue weighted by molar-refractivity contribution is -0.132. The lowest BCUT2D eigenvalue weighted by atomic mass is 9.92. The van der Waals surface area contributed by atoms with Gasteiger partial charge in [0.05, 0.1) is 0 Å². The average Bonchev–Trinajstić information content (AvgIpc) is 2.95. The summed E-state index contributed by atoms with van der Waals surface area (Å²) in [6.45, 7) is 2.78. The molecule has 0 spiro atoms. The molecule has 1 atom stereocenters. The van der Waals surface area contributed by atoms with Crippen LogP contribution in [0.1, 0.15) is 25.5 Å². The molecular formula is C12H11BrO3. The highest BCUT2D eigenvalue weighted by molar-refractivity contribution is 9.10. The van der Waals surface area contributed by atoms with Crippen molar-refractivity contribution in [1.82, 2.24) is 0 Å². The van der Waals surface area contributed by atoms with Crippen LogP contribution in [0.5, 0.6) is 0 Å². The maximum atomic E-state index is 11.5. The third kappa shape index (κ3) is 1.62. The molecule has 16 heavy (non-hydrogen) atoms. The van der Waals surface area contributed by atoms with Crippen molar-refractivity contribution in [3.8, 4) is 0 Å². The summed E-state index contributed by atoms with van der Waals surface area (Å²) in [5.41, 5.74) is -0.373. The van der Waals surface area contributed by atoms with Crippen molar-refractivity contribution in [2.24, 2.45) is 0 Å². The van der Waals surface area contributed by atoms with E-state index in [0.29, 0.717) is 0 Å². The molecule has 0 radical (unpaired) electrons. The van der Waals surface area contributed by atoms with Gasteiger partial charge in [0, 0.05) is 4.47 Å². The van der Waals surface area contributed by atoms with E-state index >= 15 is 0 Å². The summed E-state index contributed by atoms with van der Waals surface area (Å²) in [5, 5.41) is 0. The molecule has 0 aromatic heterocycles. The molecule has 0 aliphatic carbocycles. The average molecular weight is 283 g/mol. The van der Waals surface area contributed by atoms with E-state index in [1.165, 1.54) is 13.8 Å². The summed E-state index contributed by atoms with van der Waals surface area (Å²) in [4.78, 5) is 22.9. The van der Waals surface area contributed by atoms with Crippen molar-refractivity contribution < 1.29 is 14.3 Å². The first kappa shape index (κ1) is 11.5. The number of carbonyl (C=O) groups excluding carboxylic acids is 2. The van der Waals surface area contributed by atoms with Gasteiger partial charge in [-0.25, -0.2) is 0 Å². The molecular weight excluding hydrogens is 272 g/mol. The number of rotatable bonds is 3. The van der Waals surface area contributed by atoms with Crippen molar-refractivity contribution >= 4 is 27.5 Å². The Bertz CT molecular complexity index is 436. The largest absolute Gasteiger partial charge is 0.344 e. The van der Waals surface area contributed by atoms with Crippen LogP contribution in [0.3, 0.4) is 0 Å². The number of halogens is 1. The molecule has 1 aromatic carbocycles. The Morgan fingerprint density at radius 2 is 1.69 bits per heavy atom. The van der Waals surface area contributed by atoms with E-state index < -0.39 is 11.7 Å². The first-order valence-corrected chi connectivity index (χ1v) is 5.73. The van der Waals surface area contributed by atoms with Gasteiger partial charge in [-0.2, -0.15) is 0 Å². The number of hydrogen-bond acceptors (Lipinski definition) is 3. The number of ketones is 2.